The van der Waals surface area contributed by atoms with Gasteiger partial charge >= 0.3 is 12.0 Å². The van der Waals surface area contributed by atoms with Gasteiger partial charge in [0.1, 0.15) is 17.2 Å². The summed E-state index contributed by atoms with van der Waals surface area (Å²) in [7, 11) is 2.75. The monoisotopic (exact) mass is 576 g/mol. The van der Waals surface area contributed by atoms with Crippen LogP contribution in [0.1, 0.15) is 48.0 Å². The van der Waals surface area contributed by atoms with Crippen molar-refractivity contribution < 1.29 is 23.1 Å². The van der Waals surface area contributed by atoms with Crippen LogP contribution in [0.5, 0.6) is 0 Å². The third-order valence-electron chi connectivity index (χ3n) is 8.38. The molecular weight excluding hydrogens is 538 g/mol. The summed E-state index contributed by atoms with van der Waals surface area (Å²) in [5, 5.41) is 2.88. The summed E-state index contributed by atoms with van der Waals surface area (Å²) < 4.78 is 34.1. The van der Waals surface area contributed by atoms with E-state index in [-0.39, 0.29) is 29.3 Å². The second-order valence-corrected chi connectivity index (χ2v) is 11.1. The number of rotatable bonds is 7. The number of esters is 1. The zero-order valence-corrected chi connectivity index (χ0v) is 24.2. The number of piperidine rings is 2. The van der Waals surface area contributed by atoms with Crippen LogP contribution in [0.2, 0.25) is 0 Å². The van der Waals surface area contributed by atoms with E-state index in [9.17, 15) is 14.0 Å². The van der Waals surface area contributed by atoms with E-state index in [4.69, 9.17) is 4.74 Å². The Labute approximate surface area is 246 Å². The molecule has 2 amide bonds. The molecule has 2 aliphatic rings. The Morgan fingerprint density at radius 1 is 0.929 bits per heavy atom. The highest BCUT2D eigenvalue weighted by molar-refractivity contribution is 5.97. The number of nitrogens with one attached hydrogen (secondary N) is 1. The van der Waals surface area contributed by atoms with Crippen LogP contribution in [0, 0.1) is 11.6 Å². The highest BCUT2D eigenvalue weighted by atomic mass is 19.1. The lowest BCUT2D eigenvalue weighted by Gasteiger charge is -2.41. The Balaban J connectivity index is 1.16. The van der Waals surface area contributed by atoms with Crippen molar-refractivity contribution in [1.29, 1.82) is 0 Å². The fourth-order valence-corrected chi connectivity index (χ4v) is 5.99. The lowest BCUT2D eigenvalue weighted by molar-refractivity contribution is 0.0596. The Hall–Kier alpha value is -3.98. The maximum Gasteiger partial charge on any atom is 0.341 e. The van der Waals surface area contributed by atoms with Crippen LogP contribution in [0.15, 0.2) is 60.7 Å². The number of carbonyl (C=O) groups is 2. The SMILES string of the molecule is COC(=O)c1c(F)cccc1-c1ccc(CN(C)C(=O)Nc2ccc(N3CCC(N4CCCCC4)CC3)cc2)c(F)c1. The maximum atomic E-state index is 15.1. The number of benzene rings is 3. The van der Waals surface area contributed by atoms with Gasteiger partial charge in [-0.15, -0.1) is 0 Å². The number of amides is 2. The fraction of sp³-hybridized carbons (Fsp3) is 0.394. The highest BCUT2D eigenvalue weighted by Gasteiger charge is 2.26. The van der Waals surface area contributed by atoms with E-state index < -0.39 is 17.6 Å². The van der Waals surface area contributed by atoms with E-state index in [2.05, 4.69) is 15.1 Å². The smallest absolute Gasteiger partial charge is 0.341 e. The van der Waals surface area contributed by atoms with Gasteiger partial charge in [0.2, 0.25) is 0 Å². The molecule has 3 aromatic rings. The molecule has 0 aromatic heterocycles. The largest absolute Gasteiger partial charge is 0.465 e. The summed E-state index contributed by atoms with van der Waals surface area (Å²) in [4.78, 5) is 31.4. The first kappa shape index (κ1) is 29.5. The van der Waals surface area contributed by atoms with E-state index in [1.54, 1.807) is 13.1 Å². The third-order valence-corrected chi connectivity index (χ3v) is 8.38. The van der Waals surface area contributed by atoms with E-state index in [1.165, 1.54) is 74.4 Å². The topological polar surface area (TPSA) is 65.1 Å². The Morgan fingerprint density at radius 3 is 2.31 bits per heavy atom. The lowest BCUT2D eigenvalue weighted by atomic mass is 9.98. The van der Waals surface area contributed by atoms with Crippen LogP contribution < -0.4 is 10.2 Å². The summed E-state index contributed by atoms with van der Waals surface area (Å²) in [6, 6.07) is 16.7. The minimum atomic E-state index is -0.838. The molecule has 0 radical (unpaired) electrons. The molecule has 0 saturated carbocycles. The summed E-state index contributed by atoms with van der Waals surface area (Å²) in [5.74, 6) is -2.15. The second-order valence-electron chi connectivity index (χ2n) is 11.1. The first-order valence-corrected chi connectivity index (χ1v) is 14.6. The van der Waals surface area contributed by atoms with Gasteiger partial charge in [-0.25, -0.2) is 18.4 Å². The third kappa shape index (κ3) is 6.73. The van der Waals surface area contributed by atoms with Crippen molar-refractivity contribution in [1.82, 2.24) is 9.80 Å². The number of ether oxygens (including phenoxy) is 1. The van der Waals surface area contributed by atoms with Crippen LogP contribution >= 0.6 is 0 Å². The molecule has 0 unspecified atom stereocenters. The van der Waals surface area contributed by atoms with E-state index in [0.29, 0.717) is 17.3 Å². The Kier molecular flexibility index (Phi) is 9.37. The molecule has 2 heterocycles. The molecular formula is C33H38F2N4O3. The number of nitrogens with zero attached hydrogens (tertiary/aromatic N) is 3. The zero-order chi connectivity index (χ0) is 29.6. The van der Waals surface area contributed by atoms with E-state index >= 15 is 4.39 Å². The predicted octanol–water partition coefficient (Wildman–Crippen LogP) is 6.54. The molecule has 9 heteroatoms. The molecule has 0 atom stereocenters. The van der Waals surface area contributed by atoms with Gasteiger partial charge in [-0.2, -0.15) is 0 Å². The molecule has 0 spiro atoms. The van der Waals surface area contributed by atoms with E-state index in [0.717, 1.165) is 32.0 Å². The van der Waals surface area contributed by atoms with Gasteiger partial charge in [-0.1, -0.05) is 30.7 Å². The van der Waals surface area contributed by atoms with Crippen LogP contribution in [0.25, 0.3) is 11.1 Å². The van der Waals surface area contributed by atoms with Gasteiger partial charge < -0.3 is 24.8 Å². The van der Waals surface area contributed by atoms with Crippen molar-refractivity contribution in [3.8, 4) is 11.1 Å². The predicted molar refractivity (Wildman–Crippen MR) is 161 cm³/mol. The first-order chi connectivity index (χ1) is 20.3. The standard InChI is InChI=1S/C33H38F2N4O3/c1-37(22-24-10-9-23(21-30(24)35)28-7-6-8-29(34)31(28)32(40)42-2)33(41)36-25-11-13-26(14-12-25)39-19-15-27(16-20-39)38-17-4-3-5-18-38/h6-14,21,27H,3-5,15-20,22H2,1-2H3,(H,36,41). The molecule has 3 aromatic carbocycles. The van der Waals surface area contributed by atoms with Gasteiger partial charge in [0.15, 0.2) is 0 Å². The number of carbonyl (C=O) groups excluding carboxylic acids is 2. The average Bonchev–Trinajstić information content (AvgIpc) is 3.02. The lowest BCUT2D eigenvalue weighted by Crippen LogP contribution is -2.46. The summed E-state index contributed by atoms with van der Waals surface area (Å²) in [6.07, 6.45) is 6.35. The van der Waals surface area contributed by atoms with Crippen molar-refractivity contribution >= 4 is 23.4 Å². The molecule has 1 N–H and O–H groups in total. The number of methoxy groups -OCH3 is 1. The summed E-state index contributed by atoms with van der Waals surface area (Å²) >= 11 is 0. The molecule has 2 saturated heterocycles. The van der Waals surface area contributed by atoms with Gasteiger partial charge in [-0.05, 0) is 86.3 Å². The van der Waals surface area contributed by atoms with E-state index in [1.807, 2.05) is 24.3 Å². The van der Waals surface area contributed by atoms with Crippen molar-refractivity contribution in [2.24, 2.45) is 0 Å². The maximum absolute atomic E-state index is 15.1. The van der Waals surface area contributed by atoms with Crippen LogP contribution in [0.3, 0.4) is 0 Å². The van der Waals surface area contributed by atoms with Gasteiger partial charge in [0.25, 0.3) is 0 Å². The Morgan fingerprint density at radius 2 is 1.64 bits per heavy atom. The second kappa shape index (κ2) is 13.3. The molecule has 2 aliphatic heterocycles. The molecule has 42 heavy (non-hydrogen) atoms. The highest BCUT2D eigenvalue weighted by Crippen LogP contribution is 2.29. The normalized spacial score (nSPS) is 16.2. The minimum Gasteiger partial charge on any atom is -0.465 e. The zero-order valence-electron chi connectivity index (χ0n) is 24.2. The summed E-state index contributed by atoms with van der Waals surface area (Å²) in [5.41, 5.74) is 2.41. The molecule has 2 fully saturated rings. The molecule has 0 bridgehead atoms. The van der Waals surface area contributed by atoms with Crippen LogP contribution in [-0.4, -0.2) is 68.2 Å². The van der Waals surface area contributed by atoms with Crippen molar-refractivity contribution in [2.75, 3.05) is 50.6 Å². The molecule has 7 nitrogen and oxygen atoms in total. The quantitative estimate of drug-likeness (QED) is 0.324. The average molecular weight is 577 g/mol. The van der Waals surface area contributed by atoms with Crippen molar-refractivity contribution in [2.45, 2.75) is 44.7 Å². The minimum absolute atomic E-state index is 0.0228. The Bertz CT molecular complexity index is 1400. The summed E-state index contributed by atoms with van der Waals surface area (Å²) in [6.45, 7) is 4.55. The number of urea groups is 1. The van der Waals surface area contributed by atoms with Gasteiger partial charge in [0, 0.05) is 49.7 Å². The van der Waals surface area contributed by atoms with Gasteiger partial charge in [0.05, 0.1) is 7.11 Å². The number of halogens is 2. The molecule has 222 valence electrons. The number of anilines is 2. The van der Waals surface area contributed by atoms with Gasteiger partial charge in [-0.3, -0.25) is 0 Å². The van der Waals surface area contributed by atoms with Crippen molar-refractivity contribution in [3.63, 3.8) is 0 Å². The van der Waals surface area contributed by atoms with Crippen LogP contribution in [0.4, 0.5) is 25.0 Å². The first-order valence-electron chi connectivity index (χ1n) is 14.6. The number of hydrogen-bond donors (Lipinski definition) is 1. The fourth-order valence-electron chi connectivity index (χ4n) is 5.99. The molecule has 0 aliphatic carbocycles. The number of likely N-dealkylation sites (tertiary alicyclic amines) is 1. The molecule has 5 rings (SSSR count). The van der Waals surface area contributed by atoms with Crippen molar-refractivity contribution in [3.05, 3.63) is 83.4 Å². The van der Waals surface area contributed by atoms with Crippen LogP contribution in [-0.2, 0) is 11.3 Å². The number of hydrogen-bond acceptors (Lipinski definition) is 5.